The van der Waals surface area contributed by atoms with Gasteiger partial charge < -0.3 is 19.5 Å². The van der Waals surface area contributed by atoms with Gasteiger partial charge in [0.05, 0.1) is 18.5 Å². The van der Waals surface area contributed by atoms with E-state index in [1.807, 2.05) is 103 Å². The highest BCUT2D eigenvalue weighted by Gasteiger charge is 2.11. The van der Waals surface area contributed by atoms with Gasteiger partial charge in [0.25, 0.3) is 5.91 Å². The van der Waals surface area contributed by atoms with Crippen LogP contribution in [-0.4, -0.2) is 23.7 Å². The molecule has 1 amide bonds. The van der Waals surface area contributed by atoms with Crippen molar-refractivity contribution < 1.29 is 19.0 Å². The van der Waals surface area contributed by atoms with Gasteiger partial charge in [0.1, 0.15) is 19.0 Å². The zero-order valence-electron chi connectivity index (χ0n) is 27.6. The third-order valence-electron chi connectivity index (χ3n) is 7.53. The first-order chi connectivity index (χ1) is 24.4. The molecule has 0 spiro atoms. The summed E-state index contributed by atoms with van der Waals surface area (Å²) >= 11 is 5.05. The summed E-state index contributed by atoms with van der Waals surface area (Å²) in [4.78, 5) is 17.6. The number of carbonyl (C=O) groups is 1. The first kappa shape index (κ1) is 34.4. The van der Waals surface area contributed by atoms with Crippen LogP contribution >= 0.6 is 27.3 Å². The number of aryl methyl sites for hydroxylation is 1. The maximum atomic E-state index is 12.9. The van der Waals surface area contributed by atoms with Gasteiger partial charge in [-0.1, -0.05) is 82.2 Å². The highest BCUT2D eigenvalue weighted by atomic mass is 79.9. The predicted molar refractivity (Wildman–Crippen MR) is 204 cm³/mol. The number of halogens is 1. The van der Waals surface area contributed by atoms with Crippen molar-refractivity contribution >= 4 is 50.2 Å². The van der Waals surface area contributed by atoms with E-state index in [1.165, 1.54) is 16.9 Å². The molecule has 0 saturated heterocycles. The van der Waals surface area contributed by atoms with E-state index in [1.54, 1.807) is 18.3 Å². The lowest BCUT2D eigenvalue weighted by atomic mass is 10.1. The fourth-order valence-electron chi connectivity index (χ4n) is 4.92. The highest BCUT2D eigenvalue weighted by molar-refractivity contribution is 9.10. The van der Waals surface area contributed by atoms with Crippen LogP contribution in [0.1, 0.15) is 39.5 Å². The second kappa shape index (κ2) is 16.8. The van der Waals surface area contributed by atoms with Crippen molar-refractivity contribution in [3.63, 3.8) is 0 Å². The van der Waals surface area contributed by atoms with E-state index >= 15 is 0 Å². The Morgan fingerprint density at radius 2 is 1.56 bits per heavy atom. The number of amides is 1. The molecule has 0 unspecified atom stereocenters. The lowest BCUT2D eigenvalue weighted by Crippen LogP contribution is -2.17. The van der Waals surface area contributed by atoms with E-state index in [0.29, 0.717) is 48.2 Å². The Balaban J connectivity index is 1.05. The SMILES string of the molecule is CCOc1cc(COc2ccc(Br)cc2/C=N/NC(=O)c2ccc(-c3csc(Nc4ccc(C)cc4)n3)cc2)ccc1OCc1ccccc1. The van der Waals surface area contributed by atoms with Gasteiger partial charge in [0.15, 0.2) is 16.6 Å². The fraction of sp³-hybridized carbons (Fsp3) is 0.125. The lowest BCUT2D eigenvalue weighted by Gasteiger charge is -2.14. The summed E-state index contributed by atoms with van der Waals surface area (Å²) in [6.45, 7) is 5.24. The third kappa shape index (κ3) is 9.37. The van der Waals surface area contributed by atoms with E-state index in [9.17, 15) is 4.79 Å². The molecule has 8 nitrogen and oxygen atoms in total. The number of hydrazone groups is 1. The summed E-state index contributed by atoms with van der Waals surface area (Å²) in [7, 11) is 0. The Labute approximate surface area is 303 Å². The minimum atomic E-state index is -0.330. The molecule has 252 valence electrons. The molecule has 1 heterocycles. The fourth-order valence-corrected chi connectivity index (χ4v) is 6.04. The van der Waals surface area contributed by atoms with Gasteiger partial charge in [-0.15, -0.1) is 11.3 Å². The maximum absolute atomic E-state index is 12.9. The average molecular weight is 748 g/mol. The summed E-state index contributed by atoms with van der Waals surface area (Å²) < 4.78 is 19.0. The van der Waals surface area contributed by atoms with Crippen LogP contribution in [0.25, 0.3) is 11.3 Å². The van der Waals surface area contributed by atoms with Crippen molar-refractivity contribution in [3.8, 4) is 28.5 Å². The third-order valence-corrected chi connectivity index (χ3v) is 8.78. The normalized spacial score (nSPS) is 10.9. The number of rotatable bonds is 14. The molecular weight excluding hydrogens is 712 g/mol. The number of ether oxygens (including phenoxy) is 3. The number of benzene rings is 5. The molecule has 6 rings (SSSR count). The Kier molecular flexibility index (Phi) is 11.5. The molecule has 0 aliphatic rings. The number of hydrogen-bond donors (Lipinski definition) is 2. The molecule has 1 aromatic heterocycles. The summed E-state index contributed by atoms with van der Waals surface area (Å²) in [6.07, 6.45) is 1.57. The zero-order valence-corrected chi connectivity index (χ0v) is 30.0. The first-order valence-corrected chi connectivity index (χ1v) is 17.7. The smallest absolute Gasteiger partial charge is 0.271 e. The zero-order chi connectivity index (χ0) is 34.7. The van der Waals surface area contributed by atoms with Crippen molar-refractivity contribution in [2.75, 3.05) is 11.9 Å². The highest BCUT2D eigenvalue weighted by Crippen LogP contribution is 2.31. The van der Waals surface area contributed by atoms with Crippen LogP contribution in [0.4, 0.5) is 10.8 Å². The lowest BCUT2D eigenvalue weighted by molar-refractivity contribution is 0.0955. The quantitative estimate of drug-likeness (QED) is 0.0852. The molecule has 0 radical (unpaired) electrons. The van der Waals surface area contributed by atoms with E-state index in [4.69, 9.17) is 19.2 Å². The second-order valence-electron chi connectivity index (χ2n) is 11.3. The molecule has 0 fully saturated rings. The van der Waals surface area contributed by atoms with Crippen molar-refractivity contribution in [1.82, 2.24) is 10.4 Å². The molecule has 0 aliphatic carbocycles. The van der Waals surface area contributed by atoms with Gasteiger partial charge >= 0.3 is 0 Å². The molecule has 2 N–H and O–H groups in total. The van der Waals surface area contributed by atoms with Gasteiger partial charge in [-0.3, -0.25) is 4.79 Å². The van der Waals surface area contributed by atoms with Crippen LogP contribution in [0.5, 0.6) is 17.2 Å². The number of thiazole rings is 1. The van der Waals surface area contributed by atoms with Crippen LogP contribution in [0.3, 0.4) is 0 Å². The molecule has 5 aromatic carbocycles. The molecule has 6 aromatic rings. The Morgan fingerprint density at radius 1 is 0.820 bits per heavy atom. The van der Waals surface area contributed by atoms with Crippen LogP contribution in [0.2, 0.25) is 0 Å². The molecule has 0 atom stereocenters. The molecular formula is C40H35BrN4O4S. The minimum absolute atomic E-state index is 0.294. The van der Waals surface area contributed by atoms with Gasteiger partial charge in [-0.05, 0) is 79.6 Å². The van der Waals surface area contributed by atoms with Crippen molar-refractivity contribution in [2.45, 2.75) is 27.1 Å². The van der Waals surface area contributed by atoms with E-state index in [0.717, 1.165) is 37.7 Å². The Hall–Kier alpha value is -5.45. The van der Waals surface area contributed by atoms with Crippen molar-refractivity contribution in [1.29, 1.82) is 0 Å². The van der Waals surface area contributed by atoms with Crippen molar-refractivity contribution in [3.05, 3.63) is 153 Å². The molecule has 0 saturated carbocycles. The van der Waals surface area contributed by atoms with Crippen LogP contribution in [-0.2, 0) is 13.2 Å². The standard InChI is InChI=1S/C40H35BrN4O4S/c1-3-47-38-21-29(11-19-37(38)49-24-28-7-5-4-6-8-28)25-48-36-20-16-33(41)22-32(36)23-42-45-39(46)31-14-12-30(13-15-31)35-26-50-40(44-35)43-34-17-9-27(2)10-18-34/h4-23,26H,3,24-25H2,1-2H3,(H,43,44)(H,45,46)/b42-23+. The second-order valence-corrected chi connectivity index (χ2v) is 13.0. The number of hydrogen-bond acceptors (Lipinski definition) is 8. The maximum Gasteiger partial charge on any atom is 0.271 e. The van der Waals surface area contributed by atoms with Crippen LogP contribution < -0.4 is 25.0 Å². The summed E-state index contributed by atoms with van der Waals surface area (Å²) in [5.74, 6) is 1.61. The number of nitrogens with one attached hydrogen (secondary N) is 2. The number of nitrogens with zero attached hydrogens (tertiary/aromatic N) is 2. The van der Waals surface area contributed by atoms with Gasteiger partial charge in [-0.2, -0.15) is 5.10 Å². The van der Waals surface area contributed by atoms with Crippen LogP contribution in [0, 0.1) is 6.92 Å². The van der Waals surface area contributed by atoms with Gasteiger partial charge in [0.2, 0.25) is 0 Å². The van der Waals surface area contributed by atoms with Crippen molar-refractivity contribution in [2.24, 2.45) is 5.10 Å². The Bertz CT molecular complexity index is 2070. The summed E-state index contributed by atoms with van der Waals surface area (Å²) in [5.41, 5.74) is 9.72. The monoisotopic (exact) mass is 746 g/mol. The molecule has 50 heavy (non-hydrogen) atoms. The number of anilines is 2. The largest absolute Gasteiger partial charge is 0.490 e. The molecule has 0 bridgehead atoms. The van der Waals surface area contributed by atoms with E-state index in [-0.39, 0.29) is 5.91 Å². The topological polar surface area (TPSA) is 94.1 Å². The predicted octanol–water partition coefficient (Wildman–Crippen LogP) is 9.95. The molecule has 0 aliphatic heterocycles. The minimum Gasteiger partial charge on any atom is -0.490 e. The van der Waals surface area contributed by atoms with E-state index < -0.39 is 0 Å². The number of aromatic nitrogens is 1. The Morgan fingerprint density at radius 3 is 2.34 bits per heavy atom. The average Bonchev–Trinajstić information content (AvgIpc) is 3.61. The number of carbonyl (C=O) groups excluding carboxylic acids is 1. The van der Waals surface area contributed by atoms with Crippen LogP contribution in [0.15, 0.2) is 130 Å². The summed E-state index contributed by atoms with van der Waals surface area (Å²) in [6, 6.07) is 36.8. The summed E-state index contributed by atoms with van der Waals surface area (Å²) in [5, 5.41) is 10.3. The van der Waals surface area contributed by atoms with Gasteiger partial charge in [0, 0.05) is 32.2 Å². The first-order valence-electron chi connectivity index (χ1n) is 16.0. The molecule has 10 heteroatoms. The van der Waals surface area contributed by atoms with Gasteiger partial charge in [-0.25, -0.2) is 10.4 Å². The van der Waals surface area contributed by atoms with E-state index in [2.05, 4.69) is 50.8 Å².